The van der Waals surface area contributed by atoms with Crippen LogP contribution >= 0.6 is 11.3 Å². The van der Waals surface area contributed by atoms with E-state index in [0.29, 0.717) is 21.8 Å². The fraction of sp³-hybridized carbons (Fsp3) is 0.200. The minimum Gasteiger partial charge on any atom is -0.465 e. The smallest absolute Gasteiger partial charge is 0.416 e. The molecule has 1 aromatic heterocycles. The van der Waals surface area contributed by atoms with Crippen LogP contribution in [0.2, 0.25) is 0 Å². The van der Waals surface area contributed by atoms with E-state index in [0.717, 1.165) is 12.1 Å². The zero-order chi connectivity index (χ0) is 22.8. The number of benzene rings is 2. The summed E-state index contributed by atoms with van der Waals surface area (Å²) in [5, 5.41) is 2.08. The van der Waals surface area contributed by atoms with Gasteiger partial charge in [0.05, 0.1) is 35.4 Å². The molecular formula is C20H17F3N2O4S2. The van der Waals surface area contributed by atoms with Gasteiger partial charge in [-0.05, 0) is 36.8 Å². The number of rotatable bonds is 6. The highest BCUT2D eigenvalue weighted by Gasteiger charge is 2.30. The highest BCUT2D eigenvalue weighted by molar-refractivity contribution is 7.89. The lowest BCUT2D eigenvalue weighted by Gasteiger charge is -2.09. The van der Waals surface area contributed by atoms with Crippen molar-refractivity contribution < 1.29 is 31.1 Å². The van der Waals surface area contributed by atoms with Gasteiger partial charge in [-0.1, -0.05) is 18.2 Å². The number of esters is 1. The molecule has 6 nitrogen and oxygen atoms in total. The fourth-order valence-electron chi connectivity index (χ4n) is 2.67. The Bertz CT molecular complexity index is 1200. The molecule has 0 bridgehead atoms. The molecular weight excluding hydrogens is 453 g/mol. The van der Waals surface area contributed by atoms with Crippen molar-refractivity contribution >= 4 is 27.3 Å². The van der Waals surface area contributed by atoms with Crippen LogP contribution in [-0.4, -0.2) is 26.5 Å². The molecule has 3 rings (SSSR count). The number of hydrogen-bond acceptors (Lipinski definition) is 6. The zero-order valence-corrected chi connectivity index (χ0v) is 18.0. The molecule has 11 heteroatoms. The third kappa shape index (κ3) is 5.30. The van der Waals surface area contributed by atoms with Gasteiger partial charge in [-0.3, -0.25) is 0 Å². The SMILES string of the molecule is COC(=O)c1cc(S(=O)(=O)NCc2csc(-c3ccc(C(F)(F)F)cc3)n2)ccc1C. The minimum absolute atomic E-state index is 0.100. The number of carbonyl (C=O) groups is 1. The second kappa shape index (κ2) is 8.77. The quantitative estimate of drug-likeness (QED) is 0.540. The van der Waals surface area contributed by atoms with Crippen molar-refractivity contribution in [2.24, 2.45) is 0 Å². The lowest BCUT2D eigenvalue weighted by molar-refractivity contribution is -0.137. The summed E-state index contributed by atoms with van der Waals surface area (Å²) >= 11 is 1.19. The molecule has 0 aliphatic carbocycles. The number of nitrogens with one attached hydrogen (secondary N) is 1. The van der Waals surface area contributed by atoms with Crippen molar-refractivity contribution in [3.63, 3.8) is 0 Å². The number of hydrogen-bond donors (Lipinski definition) is 1. The summed E-state index contributed by atoms with van der Waals surface area (Å²) in [5.41, 5.74) is 0.859. The van der Waals surface area contributed by atoms with Crippen LogP contribution in [0.3, 0.4) is 0 Å². The van der Waals surface area contributed by atoms with Crippen molar-refractivity contribution in [1.82, 2.24) is 9.71 Å². The number of aryl methyl sites for hydroxylation is 1. The lowest BCUT2D eigenvalue weighted by atomic mass is 10.1. The van der Waals surface area contributed by atoms with E-state index in [9.17, 15) is 26.4 Å². The average molecular weight is 470 g/mol. The van der Waals surface area contributed by atoms with E-state index < -0.39 is 27.7 Å². The molecule has 31 heavy (non-hydrogen) atoms. The van der Waals surface area contributed by atoms with Gasteiger partial charge in [-0.2, -0.15) is 13.2 Å². The summed E-state index contributed by atoms with van der Waals surface area (Å²) in [6, 6.07) is 8.68. The molecule has 0 spiro atoms. The molecule has 1 heterocycles. The second-order valence-electron chi connectivity index (χ2n) is 6.51. The Balaban J connectivity index is 1.74. The molecule has 0 aliphatic heterocycles. The summed E-state index contributed by atoms with van der Waals surface area (Å²) < 4.78 is 70.3. The first-order chi connectivity index (χ1) is 14.5. The number of thiazole rings is 1. The Kier molecular flexibility index (Phi) is 6.48. The van der Waals surface area contributed by atoms with E-state index in [1.807, 2.05) is 0 Å². The van der Waals surface area contributed by atoms with Crippen LogP contribution in [0.5, 0.6) is 0 Å². The zero-order valence-electron chi connectivity index (χ0n) is 16.4. The third-order valence-corrected chi connectivity index (χ3v) is 6.72. The van der Waals surface area contributed by atoms with Gasteiger partial charge >= 0.3 is 12.1 Å². The number of sulfonamides is 1. The highest BCUT2D eigenvalue weighted by atomic mass is 32.2. The number of halogens is 3. The van der Waals surface area contributed by atoms with Crippen LogP contribution in [0.4, 0.5) is 13.2 Å². The van der Waals surface area contributed by atoms with Crippen molar-refractivity contribution in [3.8, 4) is 10.6 Å². The topological polar surface area (TPSA) is 85.4 Å². The van der Waals surface area contributed by atoms with Crippen LogP contribution in [-0.2, 0) is 27.5 Å². The molecule has 164 valence electrons. The van der Waals surface area contributed by atoms with Crippen LogP contribution in [0.25, 0.3) is 10.6 Å². The number of methoxy groups -OCH3 is 1. The maximum atomic E-state index is 12.7. The van der Waals surface area contributed by atoms with Crippen LogP contribution in [0.15, 0.2) is 52.7 Å². The summed E-state index contributed by atoms with van der Waals surface area (Å²) in [6.45, 7) is 1.54. The Morgan fingerprint density at radius 2 is 1.84 bits per heavy atom. The maximum absolute atomic E-state index is 12.7. The molecule has 0 saturated heterocycles. The van der Waals surface area contributed by atoms with Gasteiger partial charge in [0, 0.05) is 10.9 Å². The Labute approximate surface area is 180 Å². The number of carbonyl (C=O) groups excluding carboxylic acids is 1. The molecule has 3 aromatic rings. The van der Waals surface area contributed by atoms with Gasteiger partial charge in [-0.25, -0.2) is 22.9 Å². The predicted octanol–water partition coefficient (Wildman–Crippen LogP) is 4.40. The Hall–Kier alpha value is -2.76. The third-order valence-electron chi connectivity index (χ3n) is 4.38. The van der Waals surface area contributed by atoms with Crippen molar-refractivity contribution in [3.05, 3.63) is 70.2 Å². The summed E-state index contributed by atoms with van der Waals surface area (Å²) in [7, 11) is -2.73. The Morgan fingerprint density at radius 3 is 2.45 bits per heavy atom. The molecule has 0 radical (unpaired) electrons. The largest absolute Gasteiger partial charge is 0.465 e. The van der Waals surface area contributed by atoms with E-state index in [1.54, 1.807) is 12.3 Å². The van der Waals surface area contributed by atoms with E-state index in [1.165, 1.54) is 48.8 Å². The maximum Gasteiger partial charge on any atom is 0.416 e. The first kappa shape index (κ1) is 22.9. The van der Waals surface area contributed by atoms with E-state index >= 15 is 0 Å². The first-order valence-electron chi connectivity index (χ1n) is 8.82. The molecule has 0 aliphatic rings. The molecule has 0 unspecified atom stereocenters. The van der Waals surface area contributed by atoms with Gasteiger partial charge in [0.2, 0.25) is 10.0 Å². The van der Waals surface area contributed by atoms with Crippen molar-refractivity contribution in [2.75, 3.05) is 7.11 Å². The summed E-state index contributed by atoms with van der Waals surface area (Å²) in [6.07, 6.45) is -4.42. The highest BCUT2D eigenvalue weighted by Crippen LogP contribution is 2.31. The van der Waals surface area contributed by atoms with E-state index in [2.05, 4.69) is 14.4 Å². The number of alkyl halides is 3. The molecule has 0 amide bonds. The van der Waals surface area contributed by atoms with Gasteiger partial charge in [-0.15, -0.1) is 11.3 Å². The predicted molar refractivity (Wildman–Crippen MR) is 109 cm³/mol. The molecule has 0 saturated carbocycles. The Morgan fingerprint density at radius 1 is 1.16 bits per heavy atom. The number of aromatic nitrogens is 1. The van der Waals surface area contributed by atoms with Gasteiger partial charge in [0.25, 0.3) is 0 Å². The molecule has 0 fully saturated rings. The van der Waals surface area contributed by atoms with Crippen LogP contribution < -0.4 is 4.72 Å². The minimum atomic E-state index is -4.42. The molecule has 0 atom stereocenters. The lowest BCUT2D eigenvalue weighted by Crippen LogP contribution is -2.24. The standard InChI is InChI=1S/C20H17F3N2O4S2/c1-12-3-8-16(9-17(12)19(26)29-2)31(27,28)24-10-15-11-30-18(25-15)13-4-6-14(7-5-13)20(21,22)23/h3-9,11,24H,10H2,1-2H3. The number of ether oxygens (including phenoxy) is 1. The molecule has 2 aromatic carbocycles. The van der Waals surface area contributed by atoms with Gasteiger partial charge < -0.3 is 4.74 Å². The van der Waals surface area contributed by atoms with E-state index in [-0.39, 0.29) is 17.0 Å². The van der Waals surface area contributed by atoms with Crippen molar-refractivity contribution in [1.29, 1.82) is 0 Å². The summed E-state index contributed by atoms with van der Waals surface area (Å²) in [5.74, 6) is -0.643. The van der Waals surface area contributed by atoms with Gasteiger partial charge in [0.15, 0.2) is 0 Å². The van der Waals surface area contributed by atoms with Crippen molar-refractivity contribution in [2.45, 2.75) is 24.5 Å². The fourth-order valence-corrected chi connectivity index (χ4v) is 4.52. The van der Waals surface area contributed by atoms with Gasteiger partial charge in [0.1, 0.15) is 5.01 Å². The monoisotopic (exact) mass is 470 g/mol. The van der Waals surface area contributed by atoms with E-state index in [4.69, 9.17) is 0 Å². The summed E-state index contributed by atoms with van der Waals surface area (Å²) in [4.78, 5) is 16.0. The average Bonchev–Trinajstić information content (AvgIpc) is 3.20. The molecule has 1 N–H and O–H groups in total. The first-order valence-corrected chi connectivity index (χ1v) is 11.2. The number of nitrogens with zero attached hydrogens (tertiary/aromatic N) is 1. The van der Waals surface area contributed by atoms with Crippen LogP contribution in [0.1, 0.15) is 27.2 Å². The second-order valence-corrected chi connectivity index (χ2v) is 9.14. The normalized spacial score (nSPS) is 12.0. The van der Waals surface area contributed by atoms with Crippen LogP contribution in [0, 0.1) is 6.92 Å².